The molecule has 1 aromatic carbocycles. The third kappa shape index (κ3) is 5.17. The molecule has 0 aliphatic carbocycles. The predicted octanol–water partition coefficient (Wildman–Crippen LogP) is 1.50. The van der Waals surface area contributed by atoms with Crippen LogP contribution in [0.1, 0.15) is 5.56 Å². The summed E-state index contributed by atoms with van der Waals surface area (Å²) in [5, 5.41) is 14.5. The van der Waals surface area contributed by atoms with Gasteiger partial charge in [0.25, 0.3) is 0 Å². The van der Waals surface area contributed by atoms with Crippen molar-refractivity contribution >= 4 is 27.5 Å². The number of carbonyl (C=O) groups is 1. The van der Waals surface area contributed by atoms with Gasteiger partial charge in [0, 0.05) is 23.8 Å². The van der Waals surface area contributed by atoms with Crippen LogP contribution < -0.4 is 10.6 Å². The van der Waals surface area contributed by atoms with Crippen molar-refractivity contribution in [2.24, 2.45) is 0 Å². The molecule has 0 saturated carbocycles. The minimum Gasteiger partial charge on any atom is -0.383 e. The first-order chi connectivity index (χ1) is 8.65. The molecule has 0 radical (unpaired) electrons. The van der Waals surface area contributed by atoms with Crippen molar-refractivity contribution in [3.63, 3.8) is 0 Å². The van der Waals surface area contributed by atoms with Gasteiger partial charge in [0.05, 0.1) is 24.8 Å². The summed E-state index contributed by atoms with van der Waals surface area (Å²) in [5.41, 5.74) is 1.26. The first kappa shape index (κ1) is 14.5. The van der Waals surface area contributed by atoms with E-state index in [9.17, 15) is 4.79 Å². The summed E-state index contributed by atoms with van der Waals surface area (Å²) < 4.78 is 5.62. The quantitative estimate of drug-likeness (QED) is 0.781. The van der Waals surface area contributed by atoms with Crippen LogP contribution in [0.2, 0.25) is 0 Å². The molecule has 18 heavy (non-hydrogen) atoms. The van der Waals surface area contributed by atoms with Gasteiger partial charge in [0.15, 0.2) is 0 Å². The van der Waals surface area contributed by atoms with E-state index >= 15 is 0 Å². The van der Waals surface area contributed by atoms with Gasteiger partial charge >= 0.3 is 0 Å². The highest BCUT2D eigenvalue weighted by atomic mass is 79.9. The molecule has 0 fully saturated rings. The van der Waals surface area contributed by atoms with Crippen molar-refractivity contribution in [2.75, 3.05) is 32.1 Å². The molecule has 0 aliphatic heterocycles. The second-order valence-electron chi connectivity index (χ2n) is 3.54. The number of anilines is 1. The average molecular weight is 312 g/mol. The van der Waals surface area contributed by atoms with E-state index in [0.29, 0.717) is 18.7 Å². The summed E-state index contributed by atoms with van der Waals surface area (Å²) in [5.74, 6) is -0.120. The largest absolute Gasteiger partial charge is 0.383 e. The molecule has 1 amide bonds. The van der Waals surface area contributed by atoms with Crippen LogP contribution in [0, 0.1) is 11.3 Å². The van der Waals surface area contributed by atoms with E-state index in [1.165, 1.54) is 0 Å². The predicted molar refractivity (Wildman–Crippen MR) is 72.2 cm³/mol. The number of benzene rings is 1. The van der Waals surface area contributed by atoms with Gasteiger partial charge in [-0.15, -0.1) is 0 Å². The fourth-order valence-corrected chi connectivity index (χ4v) is 1.79. The van der Waals surface area contributed by atoms with E-state index in [0.717, 1.165) is 10.2 Å². The normalized spacial score (nSPS) is 9.61. The van der Waals surface area contributed by atoms with E-state index in [2.05, 4.69) is 32.6 Å². The third-order valence-electron chi connectivity index (χ3n) is 2.11. The molecule has 0 saturated heterocycles. The number of ether oxygens (including phenoxy) is 1. The lowest BCUT2D eigenvalue weighted by Gasteiger charge is -2.08. The summed E-state index contributed by atoms with van der Waals surface area (Å²) in [6, 6.07) is 7.26. The average Bonchev–Trinajstić information content (AvgIpc) is 2.36. The van der Waals surface area contributed by atoms with Crippen molar-refractivity contribution < 1.29 is 9.53 Å². The number of halogens is 1. The van der Waals surface area contributed by atoms with E-state index in [-0.39, 0.29) is 12.5 Å². The van der Waals surface area contributed by atoms with Gasteiger partial charge < -0.3 is 15.4 Å². The third-order valence-corrected chi connectivity index (χ3v) is 2.57. The van der Waals surface area contributed by atoms with Gasteiger partial charge in [-0.1, -0.05) is 15.9 Å². The van der Waals surface area contributed by atoms with Crippen molar-refractivity contribution in [3.8, 4) is 6.07 Å². The van der Waals surface area contributed by atoms with Gasteiger partial charge in [-0.2, -0.15) is 5.26 Å². The van der Waals surface area contributed by atoms with Gasteiger partial charge in [0.1, 0.15) is 0 Å². The molecular formula is C12H14BrN3O2. The molecule has 1 rings (SSSR count). The number of nitriles is 1. The Kier molecular flexibility index (Phi) is 6.19. The Hall–Kier alpha value is -1.58. The Morgan fingerprint density at radius 3 is 2.94 bits per heavy atom. The van der Waals surface area contributed by atoms with E-state index in [1.54, 1.807) is 19.2 Å². The number of rotatable bonds is 6. The molecule has 6 heteroatoms. The second-order valence-corrected chi connectivity index (χ2v) is 4.45. The Bertz CT molecular complexity index is 457. The zero-order valence-electron chi connectivity index (χ0n) is 10.00. The van der Waals surface area contributed by atoms with E-state index in [4.69, 9.17) is 10.00 Å². The van der Waals surface area contributed by atoms with Crippen LogP contribution >= 0.6 is 15.9 Å². The maximum Gasteiger partial charge on any atom is 0.239 e. The molecule has 96 valence electrons. The van der Waals surface area contributed by atoms with Gasteiger partial charge in [-0.05, 0) is 18.2 Å². The van der Waals surface area contributed by atoms with E-state index < -0.39 is 0 Å². The standard InChI is InChI=1S/C12H14BrN3O2/c1-18-3-2-15-12(17)8-16-11-5-9(7-14)4-10(13)6-11/h4-6,16H,2-3,8H2,1H3,(H,15,17). The highest BCUT2D eigenvalue weighted by molar-refractivity contribution is 9.10. The molecule has 0 aliphatic rings. The SMILES string of the molecule is COCCNC(=O)CNc1cc(Br)cc(C#N)c1. The van der Waals surface area contributed by atoms with Crippen molar-refractivity contribution in [1.82, 2.24) is 5.32 Å². The minimum absolute atomic E-state index is 0.120. The number of hydrogen-bond donors (Lipinski definition) is 2. The topological polar surface area (TPSA) is 74.2 Å². The number of nitrogens with one attached hydrogen (secondary N) is 2. The summed E-state index contributed by atoms with van der Waals surface area (Å²) >= 11 is 3.30. The van der Waals surface area contributed by atoms with E-state index in [1.807, 2.05) is 6.07 Å². The molecule has 0 unspecified atom stereocenters. The van der Waals surface area contributed by atoms with Crippen molar-refractivity contribution in [2.45, 2.75) is 0 Å². The molecule has 2 N–H and O–H groups in total. The summed E-state index contributed by atoms with van der Waals surface area (Å²) in [6.07, 6.45) is 0. The summed E-state index contributed by atoms with van der Waals surface area (Å²) in [6.45, 7) is 1.13. The zero-order chi connectivity index (χ0) is 13.4. The monoisotopic (exact) mass is 311 g/mol. The van der Waals surface area contributed by atoms with Crippen LogP contribution in [0.3, 0.4) is 0 Å². The molecular weight excluding hydrogens is 298 g/mol. The molecule has 0 aromatic heterocycles. The van der Waals surface area contributed by atoms with Crippen LogP contribution in [0.4, 0.5) is 5.69 Å². The molecule has 0 heterocycles. The Morgan fingerprint density at radius 1 is 1.50 bits per heavy atom. The number of hydrogen-bond acceptors (Lipinski definition) is 4. The molecule has 5 nitrogen and oxygen atoms in total. The zero-order valence-corrected chi connectivity index (χ0v) is 11.6. The van der Waals surface area contributed by atoms with Crippen molar-refractivity contribution in [3.05, 3.63) is 28.2 Å². The Morgan fingerprint density at radius 2 is 2.28 bits per heavy atom. The second kappa shape index (κ2) is 7.69. The number of methoxy groups -OCH3 is 1. The fourth-order valence-electron chi connectivity index (χ4n) is 1.29. The van der Waals surface area contributed by atoms with Crippen LogP contribution in [0.5, 0.6) is 0 Å². The van der Waals surface area contributed by atoms with Gasteiger partial charge in [-0.25, -0.2) is 0 Å². The van der Waals surface area contributed by atoms with Crippen molar-refractivity contribution in [1.29, 1.82) is 5.26 Å². The summed E-state index contributed by atoms with van der Waals surface area (Å²) in [7, 11) is 1.58. The Labute approximate surface area is 114 Å². The first-order valence-electron chi connectivity index (χ1n) is 5.36. The number of nitrogens with zero attached hydrogens (tertiary/aromatic N) is 1. The minimum atomic E-state index is -0.120. The smallest absolute Gasteiger partial charge is 0.239 e. The number of carbonyl (C=O) groups excluding carboxylic acids is 1. The first-order valence-corrected chi connectivity index (χ1v) is 6.15. The lowest BCUT2D eigenvalue weighted by Crippen LogP contribution is -2.32. The highest BCUT2D eigenvalue weighted by Gasteiger charge is 2.02. The van der Waals surface area contributed by atoms with Crippen LogP contribution in [-0.2, 0) is 9.53 Å². The molecule has 0 spiro atoms. The maximum absolute atomic E-state index is 11.4. The lowest BCUT2D eigenvalue weighted by atomic mass is 10.2. The van der Waals surface area contributed by atoms with Crippen LogP contribution in [0.25, 0.3) is 0 Å². The molecule has 0 atom stereocenters. The van der Waals surface area contributed by atoms with Crippen LogP contribution in [-0.4, -0.2) is 32.7 Å². The van der Waals surface area contributed by atoms with Gasteiger partial charge in [0.2, 0.25) is 5.91 Å². The van der Waals surface area contributed by atoms with Gasteiger partial charge in [-0.3, -0.25) is 4.79 Å². The highest BCUT2D eigenvalue weighted by Crippen LogP contribution is 2.18. The lowest BCUT2D eigenvalue weighted by molar-refractivity contribution is -0.119. The Balaban J connectivity index is 2.46. The summed E-state index contributed by atoms with van der Waals surface area (Å²) in [4.78, 5) is 11.4. The van der Waals surface area contributed by atoms with Crippen LogP contribution in [0.15, 0.2) is 22.7 Å². The number of amides is 1. The molecule has 0 bridgehead atoms. The maximum atomic E-state index is 11.4. The molecule has 1 aromatic rings. The fraction of sp³-hybridized carbons (Fsp3) is 0.333.